The molecule has 2 aliphatic heterocycles. The van der Waals surface area contributed by atoms with Crippen molar-refractivity contribution in [3.63, 3.8) is 0 Å². The monoisotopic (exact) mass is 1160 g/mol. The fourth-order valence-electron chi connectivity index (χ4n) is 8.69. The highest BCUT2D eigenvalue weighted by atomic mass is 35.5. The van der Waals surface area contributed by atoms with Crippen molar-refractivity contribution in [2.75, 3.05) is 102 Å². The number of rotatable bonds is 36. The van der Waals surface area contributed by atoms with Gasteiger partial charge in [0.05, 0.1) is 75.8 Å². The van der Waals surface area contributed by atoms with Crippen LogP contribution in [0, 0.1) is 0 Å². The van der Waals surface area contributed by atoms with Gasteiger partial charge in [-0.3, -0.25) is 29.1 Å². The average molecular weight is 1160 g/mol. The number of carbonyl (C=O) groups excluding carboxylic acids is 3. The first-order chi connectivity index (χ1) is 38.3. The summed E-state index contributed by atoms with van der Waals surface area (Å²) in [5.41, 5.74) is 11.8. The lowest BCUT2D eigenvalue weighted by Crippen LogP contribution is -2.28. The number of aromatic amines is 2. The molecule has 4 aromatic heterocycles. The van der Waals surface area contributed by atoms with Crippen LogP contribution in [0.4, 0.5) is 16.7 Å². The SMILES string of the molecule is Nc1nc2c(c(CNC(=O)CCCC(=O)NCCOCCOCCCCCCCl)cn2[C@H]2CC(O)[C@@H](CO)O2)c(=O)[nH]1.Nc1nc2c(c(COC(=O)NCCOCCOCCCCCCCl)cn2[C@H]2CC(O)[C@@H](CO)O2)c(=O)[nH]1. The van der Waals surface area contributed by atoms with Crippen LogP contribution in [0.3, 0.4) is 0 Å². The summed E-state index contributed by atoms with van der Waals surface area (Å²) in [6.45, 7) is 3.70. The van der Waals surface area contributed by atoms with Crippen molar-refractivity contribution in [1.29, 1.82) is 0 Å². The van der Waals surface area contributed by atoms with Crippen LogP contribution in [0.25, 0.3) is 22.1 Å². The number of anilines is 2. The van der Waals surface area contributed by atoms with Gasteiger partial charge in [0.15, 0.2) is 11.3 Å². The van der Waals surface area contributed by atoms with E-state index in [0.29, 0.717) is 88.7 Å². The molecule has 0 radical (unpaired) electrons. The topological polar surface area (TPSA) is 386 Å². The molecule has 0 aliphatic carbocycles. The number of ether oxygens (including phenoxy) is 7. The smallest absolute Gasteiger partial charge is 0.407 e. The zero-order valence-electron chi connectivity index (χ0n) is 44.5. The molecule has 0 aromatic carbocycles. The number of amides is 3. The fourth-order valence-corrected chi connectivity index (χ4v) is 9.07. The Morgan fingerprint density at radius 1 is 0.620 bits per heavy atom. The maximum Gasteiger partial charge on any atom is 0.407 e. The van der Waals surface area contributed by atoms with E-state index < -0.39 is 54.1 Å². The zero-order chi connectivity index (χ0) is 56.9. The summed E-state index contributed by atoms with van der Waals surface area (Å²) in [6.07, 6.45) is 7.44. The van der Waals surface area contributed by atoms with E-state index in [0.717, 1.165) is 51.4 Å². The standard InChI is InChI=1S/C27H43ClN6O8.C23H36ClN5O8/c28-8-3-1-2-4-10-40-12-13-41-11-9-30-21(37)6-5-7-22(38)31-15-18-16-34(23-14-19(36)20(17-35)42-23)25-24(18)26(39)33-27(29)32-25;24-5-3-1-2-4-7-34-9-10-35-8-6-26-23(33)36-14-15-12-29(18-11-16(31)17(13-30)37-18)20-19(15)21(32)28-22(25)27-20/h16,19-20,23,35-36H,1-15,17H2,(H,30,37)(H,31,38)(H3,29,32,33,39);12,16-18,30-31H,1-11,13-14H2,(H,26,33)(H3,25,27,28,32)/t19?,20-,23-;16?,17-,18-/m11/s1. The number of fused-ring (bicyclic) bond motifs is 2. The molecule has 6 atom stereocenters. The molecule has 4 aromatic rings. The first kappa shape index (κ1) is 64.6. The van der Waals surface area contributed by atoms with Crippen molar-refractivity contribution >= 4 is 75.1 Å². The molecule has 444 valence electrons. The van der Waals surface area contributed by atoms with Crippen LogP contribution in [0.15, 0.2) is 22.0 Å². The van der Waals surface area contributed by atoms with Crippen molar-refractivity contribution < 1.29 is 68.0 Å². The number of aromatic nitrogens is 6. The Kier molecular flexibility index (Phi) is 29.1. The third-order valence-corrected chi connectivity index (χ3v) is 13.3. The molecule has 2 saturated heterocycles. The highest BCUT2D eigenvalue weighted by Gasteiger charge is 2.37. The predicted octanol–water partition coefficient (Wildman–Crippen LogP) is 1.69. The minimum Gasteiger partial charge on any atom is -0.445 e. The van der Waals surface area contributed by atoms with Crippen molar-refractivity contribution in [2.45, 2.75) is 133 Å². The van der Waals surface area contributed by atoms with E-state index >= 15 is 0 Å². The average Bonchev–Trinajstić information content (AvgIpc) is 4.42. The number of nitrogen functional groups attached to an aromatic ring is 2. The van der Waals surface area contributed by atoms with Crippen LogP contribution in [-0.2, 0) is 55.9 Å². The van der Waals surface area contributed by atoms with E-state index in [2.05, 4.69) is 35.9 Å². The Bertz CT molecular complexity index is 2580. The van der Waals surface area contributed by atoms with Crippen LogP contribution < -0.4 is 38.5 Å². The van der Waals surface area contributed by atoms with Gasteiger partial charge in [-0.1, -0.05) is 25.7 Å². The Balaban J connectivity index is 0.000000293. The quantitative estimate of drug-likeness (QED) is 0.0228. The number of alkyl carbamates (subject to hydrolysis) is 1. The van der Waals surface area contributed by atoms with E-state index in [1.807, 2.05) is 0 Å². The predicted molar refractivity (Wildman–Crippen MR) is 291 cm³/mol. The maximum atomic E-state index is 12.7. The van der Waals surface area contributed by atoms with E-state index in [9.17, 15) is 44.4 Å². The number of halogens is 2. The Morgan fingerprint density at radius 2 is 1.06 bits per heavy atom. The van der Waals surface area contributed by atoms with Crippen molar-refractivity contribution in [3.05, 3.63) is 44.2 Å². The van der Waals surface area contributed by atoms with Gasteiger partial charge in [-0.15, -0.1) is 23.2 Å². The molecule has 27 nitrogen and oxygen atoms in total. The van der Waals surface area contributed by atoms with Crippen molar-refractivity contribution in [3.8, 4) is 0 Å². The molecule has 3 amide bonds. The Hall–Kier alpha value is -5.17. The van der Waals surface area contributed by atoms with Gasteiger partial charge in [0.2, 0.25) is 23.7 Å². The third-order valence-electron chi connectivity index (χ3n) is 12.8. The van der Waals surface area contributed by atoms with E-state index in [1.54, 1.807) is 21.5 Å². The molecular weight excluding hydrogens is 1080 g/mol. The molecular formula is C50H79Cl2N11O16. The molecule has 0 spiro atoms. The van der Waals surface area contributed by atoms with Gasteiger partial charge in [-0.25, -0.2) is 4.79 Å². The van der Waals surface area contributed by atoms with Gasteiger partial charge >= 0.3 is 6.09 Å². The Morgan fingerprint density at radius 3 is 1.54 bits per heavy atom. The van der Waals surface area contributed by atoms with E-state index in [4.69, 9.17) is 67.8 Å². The largest absolute Gasteiger partial charge is 0.445 e. The van der Waals surface area contributed by atoms with Crippen LogP contribution in [0.2, 0.25) is 0 Å². The molecule has 6 heterocycles. The number of hydrogen-bond donors (Lipinski definition) is 11. The van der Waals surface area contributed by atoms with Crippen LogP contribution >= 0.6 is 23.2 Å². The van der Waals surface area contributed by atoms with Gasteiger partial charge < -0.3 is 90.1 Å². The number of nitrogens with zero attached hydrogens (tertiary/aromatic N) is 4. The second-order valence-electron chi connectivity index (χ2n) is 18.8. The first-order valence-corrected chi connectivity index (χ1v) is 27.9. The minimum absolute atomic E-state index is 0.0387. The van der Waals surface area contributed by atoms with Gasteiger partial charge in [-0.05, 0) is 32.1 Å². The van der Waals surface area contributed by atoms with Crippen LogP contribution in [0.5, 0.6) is 0 Å². The van der Waals surface area contributed by atoms with Gasteiger partial charge in [0.1, 0.15) is 31.3 Å². The molecule has 0 bridgehead atoms. The minimum atomic E-state index is -0.879. The summed E-state index contributed by atoms with van der Waals surface area (Å²) < 4.78 is 41.7. The first-order valence-electron chi connectivity index (χ1n) is 26.8. The second-order valence-corrected chi connectivity index (χ2v) is 19.5. The number of nitrogens with one attached hydrogen (secondary N) is 5. The molecule has 2 fully saturated rings. The second kappa shape index (κ2) is 35.5. The summed E-state index contributed by atoms with van der Waals surface area (Å²) in [5.74, 6) is 0.774. The number of hydrogen-bond acceptors (Lipinski definition) is 20. The van der Waals surface area contributed by atoms with Gasteiger partial charge in [0, 0.05) is 93.8 Å². The van der Waals surface area contributed by atoms with E-state index in [1.165, 1.54) is 0 Å². The molecule has 79 heavy (non-hydrogen) atoms. The van der Waals surface area contributed by atoms with Gasteiger partial charge in [-0.2, -0.15) is 9.97 Å². The lowest BCUT2D eigenvalue weighted by Gasteiger charge is -2.14. The number of carbonyl (C=O) groups is 3. The molecule has 0 saturated carbocycles. The Labute approximate surface area is 466 Å². The van der Waals surface area contributed by atoms with Crippen LogP contribution in [0.1, 0.15) is 107 Å². The number of unbranched alkanes of at least 4 members (excludes halogenated alkanes) is 6. The number of alkyl halides is 2. The zero-order valence-corrected chi connectivity index (χ0v) is 46.0. The summed E-state index contributed by atoms with van der Waals surface area (Å²) in [4.78, 5) is 75.2. The summed E-state index contributed by atoms with van der Waals surface area (Å²) in [6, 6.07) is 0. The summed E-state index contributed by atoms with van der Waals surface area (Å²) in [7, 11) is 0. The lowest BCUT2D eigenvalue weighted by atomic mass is 10.2. The highest BCUT2D eigenvalue weighted by molar-refractivity contribution is 6.18. The molecule has 29 heteroatoms. The normalized spacial score (nSPS) is 19.0. The van der Waals surface area contributed by atoms with E-state index in [-0.39, 0.29) is 104 Å². The number of aliphatic hydroxyl groups is 4. The number of nitrogens with two attached hydrogens (primary N) is 2. The summed E-state index contributed by atoms with van der Waals surface area (Å²) in [5, 5.41) is 47.5. The molecule has 2 aliphatic rings. The third kappa shape index (κ3) is 21.3. The van der Waals surface area contributed by atoms with Gasteiger partial charge in [0.25, 0.3) is 11.1 Å². The number of H-pyrrole nitrogens is 2. The van der Waals surface area contributed by atoms with Crippen LogP contribution in [-0.4, -0.2) is 183 Å². The molecule has 6 rings (SSSR count). The highest BCUT2D eigenvalue weighted by Crippen LogP contribution is 2.34. The summed E-state index contributed by atoms with van der Waals surface area (Å²) >= 11 is 11.3. The number of aliphatic hydroxyl groups excluding tert-OH is 4. The van der Waals surface area contributed by atoms with Crippen molar-refractivity contribution in [1.82, 2.24) is 45.0 Å². The lowest BCUT2D eigenvalue weighted by molar-refractivity contribution is -0.122. The fraction of sp³-hybridized carbons (Fsp3) is 0.700. The van der Waals surface area contributed by atoms with Crippen molar-refractivity contribution in [2.24, 2.45) is 0 Å². The maximum absolute atomic E-state index is 12.7. The molecule has 13 N–H and O–H groups in total. The molecule has 2 unspecified atom stereocenters.